The highest BCUT2D eigenvalue weighted by Gasteiger charge is 2.50. The second-order valence-electron chi connectivity index (χ2n) is 4.41. The summed E-state index contributed by atoms with van der Waals surface area (Å²) >= 11 is 0. The molecule has 0 spiro atoms. The van der Waals surface area contributed by atoms with Gasteiger partial charge >= 0.3 is 12.0 Å². The van der Waals surface area contributed by atoms with Crippen molar-refractivity contribution < 1.29 is 18.3 Å². The molecule has 6 heteroatoms. The van der Waals surface area contributed by atoms with Crippen LogP contribution in [0.2, 0.25) is 0 Å². The Morgan fingerprint density at radius 3 is 2.72 bits per heavy atom. The lowest BCUT2D eigenvalue weighted by atomic mass is 10.1. The third kappa shape index (κ3) is 1.91. The lowest BCUT2D eigenvalue weighted by Gasteiger charge is -2.32. The number of amides is 1. The number of pyridine rings is 1. The summed E-state index contributed by atoms with van der Waals surface area (Å²) in [6.45, 7) is 5.58. The molecule has 1 aliphatic rings. The minimum atomic E-state index is -3.82. The van der Waals surface area contributed by atoms with Gasteiger partial charge in [-0.15, -0.1) is 0 Å². The summed E-state index contributed by atoms with van der Waals surface area (Å²) in [5.74, 6) is -1.12. The number of hydrogen-bond donors (Lipinski definition) is 0. The monoisotopic (exact) mass is 256 g/mol. The summed E-state index contributed by atoms with van der Waals surface area (Å²) in [5.41, 5.74) is 0.787. The van der Waals surface area contributed by atoms with Crippen molar-refractivity contribution in [1.82, 2.24) is 4.98 Å². The van der Waals surface area contributed by atoms with Gasteiger partial charge in [-0.3, -0.25) is 9.69 Å². The van der Waals surface area contributed by atoms with Gasteiger partial charge in [0, 0.05) is 12.7 Å². The van der Waals surface area contributed by atoms with Crippen molar-refractivity contribution in [2.24, 2.45) is 0 Å². The van der Waals surface area contributed by atoms with Crippen molar-refractivity contribution in [3.63, 3.8) is 0 Å². The molecule has 0 bridgehead atoms. The molecule has 18 heavy (non-hydrogen) atoms. The molecule has 4 nitrogen and oxygen atoms in total. The number of carbonyl (C=O) groups excluding carboxylic acids is 1. The minimum Gasteiger partial charge on any atom is -0.421 e. The predicted molar refractivity (Wildman–Crippen MR) is 61.9 cm³/mol. The van der Waals surface area contributed by atoms with Crippen LogP contribution in [0.1, 0.15) is 32.3 Å². The summed E-state index contributed by atoms with van der Waals surface area (Å²) in [4.78, 5) is 16.5. The number of ether oxygens (including phenoxy) is 1. The Bertz CT molecular complexity index is 489. The van der Waals surface area contributed by atoms with E-state index in [2.05, 4.69) is 9.72 Å². The van der Waals surface area contributed by atoms with Gasteiger partial charge in [-0.05, 0) is 24.5 Å². The normalized spacial score (nSPS) is 17.7. The van der Waals surface area contributed by atoms with Gasteiger partial charge in [-0.1, -0.05) is 13.8 Å². The smallest absolute Gasteiger partial charge is 0.421 e. The molecule has 2 rings (SSSR count). The van der Waals surface area contributed by atoms with E-state index in [0.717, 1.165) is 10.5 Å². The first-order chi connectivity index (χ1) is 8.36. The number of hydrogen-bond acceptors (Lipinski definition) is 3. The maximum atomic E-state index is 13.4. The summed E-state index contributed by atoms with van der Waals surface area (Å²) in [6, 6.07) is 1.51. The van der Waals surface area contributed by atoms with Gasteiger partial charge < -0.3 is 4.74 Å². The first-order valence-electron chi connectivity index (χ1n) is 5.75. The Morgan fingerprint density at radius 2 is 2.17 bits per heavy atom. The number of alkyl halides is 2. The molecule has 0 fully saturated rings. The number of aromatic nitrogens is 1. The number of carbonyl (C=O) groups is 1. The molecule has 0 unspecified atom stereocenters. The molecule has 2 heterocycles. The van der Waals surface area contributed by atoms with E-state index in [4.69, 9.17) is 0 Å². The number of likely N-dealkylation sites (N-methyl/N-ethyl adjacent to an activating group) is 1. The van der Waals surface area contributed by atoms with Crippen LogP contribution in [0, 0.1) is 0 Å². The molecule has 98 valence electrons. The van der Waals surface area contributed by atoms with Gasteiger partial charge in [0.25, 0.3) is 0 Å². The third-order valence-electron chi connectivity index (χ3n) is 2.82. The third-order valence-corrected chi connectivity index (χ3v) is 2.82. The van der Waals surface area contributed by atoms with Gasteiger partial charge in [0.2, 0.25) is 0 Å². The first kappa shape index (κ1) is 12.7. The average Bonchev–Trinajstić information content (AvgIpc) is 2.29. The second kappa shape index (κ2) is 4.19. The minimum absolute atomic E-state index is 0.0485. The highest BCUT2D eigenvalue weighted by atomic mass is 19.3. The molecule has 1 aliphatic heterocycles. The van der Waals surface area contributed by atoms with E-state index in [-0.39, 0.29) is 24.0 Å². The summed E-state index contributed by atoms with van der Waals surface area (Å²) in [6.07, 6.45) is -2.24. The number of anilines is 1. The molecule has 0 N–H and O–H groups in total. The molecule has 0 radical (unpaired) electrons. The number of nitrogens with zero attached hydrogens (tertiary/aromatic N) is 2. The zero-order valence-electron chi connectivity index (χ0n) is 10.4. The van der Waals surface area contributed by atoms with E-state index in [9.17, 15) is 13.6 Å². The van der Waals surface area contributed by atoms with E-state index >= 15 is 0 Å². The first-order valence-corrected chi connectivity index (χ1v) is 5.75. The van der Waals surface area contributed by atoms with Gasteiger partial charge in [0.1, 0.15) is 0 Å². The fourth-order valence-corrected chi connectivity index (χ4v) is 1.77. The number of rotatable bonds is 2. The van der Waals surface area contributed by atoms with Crippen molar-refractivity contribution in [2.75, 3.05) is 11.4 Å². The SMILES string of the molecule is CCN1C(=O)C(F)(F)Oc2cc(C(C)C)cnc21. The molecular weight excluding hydrogens is 242 g/mol. The summed E-state index contributed by atoms with van der Waals surface area (Å²) in [5, 5.41) is 0. The van der Waals surface area contributed by atoms with Gasteiger partial charge in [0.05, 0.1) is 0 Å². The van der Waals surface area contributed by atoms with Crippen molar-refractivity contribution in [2.45, 2.75) is 32.8 Å². The summed E-state index contributed by atoms with van der Waals surface area (Å²) < 4.78 is 31.3. The Kier molecular flexibility index (Phi) is 2.96. The number of halogens is 2. The van der Waals surface area contributed by atoms with E-state index in [1.54, 1.807) is 13.1 Å². The maximum absolute atomic E-state index is 13.4. The van der Waals surface area contributed by atoms with Crippen LogP contribution in [0.5, 0.6) is 5.75 Å². The predicted octanol–water partition coefficient (Wildman–Crippen LogP) is 2.54. The lowest BCUT2D eigenvalue weighted by Crippen LogP contribution is -2.51. The Morgan fingerprint density at radius 1 is 1.50 bits per heavy atom. The van der Waals surface area contributed by atoms with Crippen LogP contribution in [0.15, 0.2) is 12.3 Å². The fraction of sp³-hybridized carbons (Fsp3) is 0.500. The van der Waals surface area contributed by atoms with E-state index in [1.165, 1.54) is 6.07 Å². The largest absolute Gasteiger partial charge is 0.483 e. The maximum Gasteiger partial charge on any atom is 0.483 e. The molecule has 0 saturated heterocycles. The zero-order valence-corrected chi connectivity index (χ0v) is 10.4. The molecule has 0 aliphatic carbocycles. The van der Waals surface area contributed by atoms with Crippen molar-refractivity contribution >= 4 is 11.7 Å². The van der Waals surface area contributed by atoms with Gasteiger partial charge in [-0.25, -0.2) is 4.98 Å². The highest BCUT2D eigenvalue weighted by molar-refractivity contribution is 5.99. The molecule has 0 atom stereocenters. The van der Waals surface area contributed by atoms with E-state index in [1.807, 2.05) is 13.8 Å². The molecule has 1 amide bonds. The topological polar surface area (TPSA) is 42.4 Å². The highest BCUT2D eigenvalue weighted by Crippen LogP contribution is 2.38. The van der Waals surface area contributed by atoms with Crippen LogP contribution in [-0.4, -0.2) is 23.5 Å². The molecule has 1 aromatic heterocycles. The second-order valence-corrected chi connectivity index (χ2v) is 4.41. The van der Waals surface area contributed by atoms with Crippen molar-refractivity contribution in [3.05, 3.63) is 17.8 Å². The Hall–Kier alpha value is -1.72. The van der Waals surface area contributed by atoms with Crippen LogP contribution < -0.4 is 9.64 Å². The summed E-state index contributed by atoms with van der Waals surface area (Å²) in [7, 11) is 0. The standard InChI is InChI=1S/C12H14F2N2O2/c1-4-16-10-9(18-12(13,14)11(16)17)5-8(6-15-10)7(2)3/h5-7H,4H2,1-3H3. The van der Waals surface area contributed by atoms with Crippen LogP contribution in [-0.2, 0) is 4.79 Å². The van der Waals surface area contributed by atoms with E-state index < -0.39 is 12.0 Å². The molecular formula is C12H14F2N2O2. The van der Waals surface area contributed by atoms with Crippen LogP contribution in [0.4, 0.5) is 14.6 Å². The van der Waals surface area contributed by atoms with Gasteiger partial charge in [-0.2, -0.15) is 8.78 Å². The Balaban J connectivity index is 2.52. The fourth-order valence-electron chi connectivity index (χ4n) is 1.77. The van der Waals surface area contributed by atoms with E-state index in [0.29, 0.717) is 0 Å². The van der Waals surface area contributed by atoms with Crippen LogP contribution in [0.25, 0.3) is 0 Å². The van der Waals surface area contributed by atoms with Crippen LogP contribution >= 0.6 is 0 Å². The quantitative estimate of drug-likeness (QED) is 0.816. The molecule has 0 aromatic carbocycles. The average molecular weight is 256 g/mol. The lowest BCUT2D eigenvalue weighted by molar-refractivity contribution is -0.193. The molecule has 1 aromatic rings. The van der Waals surface area contributed by atoms with Gasteiger partial charge in [0.15, 0.2) is 11.6 Å². The zero-order chi connectivity index (χ0) is 13.5. The van der Waals surface area contributed by atoms with Crippen molar-refractivity contribution in [3.8, 4) is 5.75 Å². The molecule has 0 saturated carbocycles. The number of fused-ring (bicyclic) bond motifs is 1. The van der Waals surface area contributed by atoms with Crippen LogP contribution in [0.3, 0.4) is 0 Å². The Labute approximate surface area is 104 Å². The van der Waals surface area contributed by atoms with Crippen molar-refractivity contribution in [1.29, 1.82) is 0 Å².